The molecule has 1 aromatic carbocycles. The van der Waals surface area contributed by atoms with Crippen LogP contribution < -0.4 is 0 Å². The molecular weight excluding hydrogens is 344 g/mol. The number of hydrogen-bond acceptors (Lipinski definition) is 8. The van der Waals surface area contributed by atoms with Crippen LogP contribution in [0.15, 0.2) is 30.3 Å². The van der Waals surface area contributed by atoms with E-state index >= 15 is 0 Å². The molecule has 26 heavy (non-hydrogen) atoms. The molecule has 0 saturated carbocycles. The lowest BCUT2D eigenvalue weighted by Crippen LogP contribution is -2.31. The summed E-state index contributed by atoms with van der Waals surface area (Å²) in [6.07, 6.45) is -1.47. The summed E-state index contributed by atoms with van der Waals surface area (Å²) in [5.41, 5.74) is 0.511. The van der Waals surface area contributed by atoms with Crippen molar-refractivity contribution >= 4 is 5.97 Å². The summed E-state index contributed by atoms with van der Waals surface area (Å²) in [6, 6.07) is 8.85. The number of benzene rings is 1. The molecule has 1 aromatic rings. The Labute approximate surface area is 150 Å². The van der Waals surface area contributed by atoms with Gasteiger partial charge in [-0.3, -0.25) is 0 Å². The Morgan fingerprint density at radius 1 is 0.885 bits per heavy atom. The molecular formula is C18H20O8. The highest BCUT2D eigenvalue weighted by Crippen LogP contribution is 2.42. The number of epoxide rings is 2. The first-order chi connectivity index (χ1) is 12.7. The first-order valence-electron chi connectivity index (χ1n) is 8.73. The van der Waals surface area contributed by atoms with Crippen molar-refractivity contribution in [1.82, 2.24) is 0 Å². The molecule has 0 aromatic heterocycles. The van der Waals surface area contributed by atoms with Crippen molar-refractivity contribution in [3.8, 4) is 0 Å². The van der Waals surface area contributed by atoms with Gasteiger partial charge in [-0.2, -0.15) is 0 Å². The van der Waals surface area contributed by atoms with Gasteiger partial charge in [0.05, 0.1) is 12.2 Å². The third-order valence-electron chi connectivity index (χ3n) is 5.06. The third-order valence-corrected chi connectivity index (χ3v) is 5.06. The standard InChI is InChI=1S/C18H20O8/c1-20-17-14-12(25-14)11(23-17)8-22-18-15-13(26-15)10(24-18)7-21-16(19)9-5-3-2-4-6-9/h2-6,10-15,17-18H,7-8H2,1H3/t10-,11-,12+,13+,14+,15+,17+,18-/m1/s1. The van der Waals surface area contributed by atoms with Crippen LogP contribution >= 0.6 is 0 Å². The lowest BCUT2D eigenvalue weighted by molar-refractivity contribution is -0.215. The molecule has 0 radical (unpaired) electrons. The molecule has 4 aliphatic rings. The van der Waals surface area contributed by atoms with Gasteiger partial charge in [0.1, 0.15) is 43.2 Å². The fourth-order valence-electron chi connectivity index (χ4n) is 3.56. The maximum Gasteiger partial charge on any atom is 0.338 e. The van der Waals surface area contributed by atoms with E-state index < -0.39 is 6.29 Å². The van der Waals surface area contributed by atoms with Gasteiger partial charge in [0.15, 0.2) is 12.6 Å². The van der Waals surface area contributed by atoms with E-state index in [0.717, 1.165) is 0 Å². The van der Waals surface area contributed by atoms with Crippen LogP contribution in [0, 0.1) is 0 Å². The average Bonchev–Trinajstić information content (AvgIpc) is 3.58. The minimum absolute atomic E-state index is 0.00756. The molecule has 0 amide bonds. The molecule has 8 nitrogen and oxygen atoms in total. The SMILES string of the molecule is CO[C@H]1O[C@H](CO[C@@H]2O[C@H](COC(=O)c3ccccc3)[C@@H]3O[C@H]23)[C@@H]2O[C@H]12. The van der Waals surface area contributed by atoms with Crippen molar-refractivity contribution in [3.63, 3.8) is 0 Å². The number of hydrogen-bond donors (Lipinski definition) is 0. The van der Waals surface area contributed by atoms with E-state index in [1.807, 2.05) is 6.07 Å². The minimum Gasteiger partial charge on any atom is -0.459 e. The van der Waals surface area contributed by atoms with Gasteiger partial charge in [-0.05, 0) is 12.1 Å². The smallest absolute Gasteiger partial charge is 0.338 e. The third kappa shape index (κ3) is 3.02. The van der Waals surface area contributed by atoms with Crippen molar-refractivity contribution < 1.29 is 38.0 Å². The highest BCUT2D eigenvalue weighted by atomic mass is 16.8. The first kappa shape index (κ1) is 16.6. The predicted octanol–water partition coefficient (Wildman–Crippen LogP) is 0.491. The lowest BCUT2D eigenvalue weighted by atomic mass is 10.2. The Morgan fingerprint density at radius 3 is 2.23 bits per heavy atom. The highest BCUT2D eigenvalue weighted by molar-refractivity contribution is 5.89. The molecule has 8 heteroatoms. The summed E-state index contributed by atoms with van der Waals surface area (Å²) in [5, 5.41) is 0. The van der Waals surface area contributed by atoms with Crippen molar-refractivity contribution in [2.24, 2.45) is 0 Å². The number of fused-ring (bicyclic) bond motifs is 2. The van der Waals surface area contributed by atoms with Crippen molar-refractivity contribution in [2.75, 3.05) is 20.3 Å². The zero-order chi connectivity index (χ0) is 17.7. The molecule has 4 fully saturated rings. The van der Waals surface area contributed by atoms with Gasteiger partial charge in [-0.15, -0.1) is 0 Å². The molecule has 0 unspecified atom stereocenters. The zero-order valence-corrected chi connectivity index (χ0v) is 14.2. The van der Waals surface area contributed by atoms with Crippen LogP contribution in [0.4, 0.5) is 0 Å². The largest absolute Gasteiger partial charge is 0.459 e. The van der Waals surface area contributed by atoms with Crippen LogP contribution in [0.2, 0.25) is 0 Å². The molecule has 0 bridgehead atoms. The first-order valence-corrected chi connectivity index (χ1v) is 8.73. The fraction of sp³-hybridized carbons (Fsp3) is 0.611. The molecule has 5 rings (SSSR count). The van der Waals surface area contributed by atoms with Crippen LogP contribution in [-0.2, 0) is 33.2 Å². The Balaban J connectivity index is 1.08. The average molecular weight is 364 g/mol. The normalized spacial score (nSPS) is 42.2. The Kier molecular flexibility index (Phi) is 4.19. The van der Waals surface area contributed by atoms with Crippen LogP contribution in [0.5, 0.6) is 0 Å². The van der Waals surface area contributed by atoms with E-state index in [2.05, 4.69) is 0 Å². The summed E-state index contributed by atoms with van der Waals surface area (Å²) in [5.74, 6) is -0.377. The van der Waals surface area contributed by atoms with Gasteiger partial charge in [-0.1, -0.05) is 18.2 Å². The van der Waals surface area contributed by atoms with Gasteiger partial charge in [0.2, 0.25) is 0 Å². The number of methoxy groups -OCH3 is 1. The minimum atomic E-state index is -0.483. The van der Waals surface area contributed by atoms with E-state index in [1.54, 1.807) is 31.4 Å². The molecule has 0 N–H and O–H groups in total. The van der Waals surface area contributed by atoms with E-state index in [1.165, 1.54) is 0 Å². The molecule has 4 aliphatic heterocycles. The Bertz CT molecular complexity index is 666. The summed E-state index contributed by atoms with van der Waals surface area (Å²) in [4.78, 5) is 12.0. The molecule has 0 spiro atoms. The summed E-state index contributed by atoms with van der Waals surface area (Å²) in [7, 11) is 1.59. The van der Waals surface area contributed by atoms with Gasteiger partial charge >= 0.3 is 5.97 Å². The number of esters is 1. The van der Waals surface area contributed by atoms with Crippen LogP contribution in [0.3, 0.4) is 0 Å². The summed E-state index contributed by atoms with van der Waals surface area (Å²) < 4.78 is 38.9. The Morgan fingerprint density at radius 2 is 1.54 bits per heavy atom. The van der Waals surface area contributed by atoms with Crippen LogP contribution in [0.1, 0.15) is 10.4 Å². The van der Waals surface area contributed by atoms with E-state index in [9.17, 15) is 4.79 Å². The molecule has 0 aliphatic carbocycles. The van der Waals surface area contributed by atoms with Crippen molar-refractivity contribution in [3.05, 3.63) is 35.9 Å². The monoisotopic (exact) mass is 364 g/mol. The van der Waals surface area contributed by atoms with Gasteiger partial charge in [-0.25, -0.2) is 4.79 Å². The van der Waals surface area contributed by atoms with Gasteiger partial charge < -0.3 is 33.2 Å². The number of carbonyl (C=O) groups is 1. The topological polar surface area (TPSA) is 88.3 Å². The second kappa shape index (κ2) is 6.56. The zero-order valence-electron chi connectivity index (χ0n) is 14.2. The van der Waals surface area contributed by atoms with Crippen LogP contribution in [-0.4, -0.2) is 75.5 Å². The number of ether oxygens (including phenoxy) is 7. The van der Waals surface area contributed by atoms with Crippen molar-refractivity contribution in [2.45, 2.75) is 49.2 Å². The second-order valence-electron chi connectivity index (χ2n) is 6.75. The van der Waals surface area contributed by atoms with Crippen molar-refractivity contribution in [1.29, 1.82) is 0 Å². The van der Waals surface area contributed by atoms with Crippen LogP contribution in [0.25, 0.3) is 0 Å². The van der Waals surface area contributed by atoms with Gasteiger partial charge in [0, 0.05) is 7.11 Å². The maximum atomic E-state index is 12.0. The summed E-state index contributed by atoms with van der Waals surface area (Å²) >= 11 is 0. The van der Waals surface area contributed by atoms with Gasteiger partial charge in [0.25, 0.3) is 0 Å². The maximum absolute atomic E-state index is 12.0. The number of rotatable bonds is 7. The fourth-order valence-corrected chi connectivity index (χ4v) is 3.56. The Hall–Kier alpha value is -1.55. The lowest BCUT2D eigenvalue weighted by Gasteiger charge is -2.21. The molecule has 4 heterocycles. The molecule has 8 atom stereocenters. The van der Waals surface area contributed by atoms with E-state index in [0.29, 0.717) is 12.2 Å². The quantitative estimate of drug-likeness (QED) is 0.510. The second-order valence-corrected chi connectivity index (χ2v) is 6.75. The number of carbonyl (C=O) groups excluding carboxylic acids is 1. The summed E-state index contributed by atoms with van der Waals surface area (Å²) in [6.45, 7) is 0.475. The van der Waals surface area contributed by atoms with E-state index in [-0.39, 0.29) is 55.5 Å². The molecule has 4 saturated heterocycles. The molecule has 140 valence electrons. The van der Waals surface area contributed by atoms with E-state index in [4.69, 9.17) is 33.2 Å². The highest BCUT2D eigenvalue weighted by Gasteiger charge is 2.61. The predicted molar refractivity (Wildman–Crippen MR) is 84.3 cm³/mol.